The van der Waals surface area contributed by atoms with Crippen molar-refractivity contribution in [1.29, 1.82) is 0 Å². The first-order valence-corrected chi connectivity index (χ1v) is 8.99. The minimum atomic E-state index is -0.224. The largest absolute Gasteiger partial charge is 0.508 e. The van der Waals surface area contributed by atoms with Gasteiger partial charge in [-0.05, 0) is 37.3 Å². The van der Waals surface area contributed by atoms with Crippen LogP contribution in [-0.4, -0.2) is 37.2 Å². The predicted molar refractivity (Wildman–Crippen MR) is 95.1 cm³/mol. The number of phenolic OH excluding ortho intramolecular Hbond substituents is 1. The van der Waals surface area contributed by atoms with Gasteiger partial charge in [0.1, 0.15) is 17.6 Å². The molecule has 25 heavy (non-hydrogen) atoms. The maximum absolute atomic E-state index is 12.8. The number of benzene rings is 1. The number of hydrogen-bond acceptors (Lipinski definition) is 4. The summed E-state index contributed by atoms with van der Waals surface area (Å²) in [6, 6.07) is 7.11. The zero-order chi connectivity index (χ0) is 18.0. The van der Waals surface area contributed by atoms with Crippen LogP contribution in [-0.2, 0) is 24.2 Å². The summed E-state index contributed by atoms with van der Waals surface area (Å²) in [6.45, 7) is 7.46. The average Bonchev–Trinajstić information content (AvgIpc) is 2.99. The van der Waals surface area contributed by atoms with Crippen molar-refractivity contribution in [2.75, 3.05) is 6.54 Å². The number of carbonyl (C=O) groups is 1. The summed E-state index contributed by atoms with van der Waals surface area (Å²) in [5.74, 6) is 2.56. The van der Waals surface area contributed by atoms with E-state index in [-0.39, 0.29) is 11.9 Å². The van der Waals surface area contributed by atoms with Gasteiger partial charge in [-0.1, -0.05) is 32.0 Å². The van der Waals surface area contributed by atoms with E-state index in [4.69, 9.17) is 0 Å². The average molecular weight is 342 g/mol. The van der Waals surface area contributed by atoms with Crippen molar-refractivity contribution in [2.24, 2.45) is 5.92 Å². The van der Waals surface area contributed by atoms with E-state index in [0.29, 0.717) is 37.6 Å². The van der Waals surface area contributed by atoms with E-state index in [1.807, 2.05) is 34.6 Å². The topological polar surface area (TPSA) is 71.2 Å². The van der Waals surface area contributed by atoms with Gasteiger partial charge in [0.2, 0.25) is 5.91 Å². The Morgan fingerprint density at radius 2 is 2.00 bits per heavy atom. The molecule has 0 fully saturated rings. The van der Waals surface area contributed by atoms with Gasteiger partial charge in [-0.15, -0.1) is 10.2 Å². The number of aryl methyl sites for hydroxylation is 2. The summed E-state index contributed by atoms with van der Waals surface area (Å²) in [4.78, 5) is 14.7. The molecule has 1 aromatic heterocycles. The standard InChI is InChI=1S/C19H26N4O2/c1-4-22-12-18-21-20-17(10-9-14-7-5-6-8-16(14)24)23(18)15(19(22)25)11-13(2)3/h5-8,13,15,24H,4,9-12H2,1-3H3/t15-/m0/s1. The molecule has 1 aromatic carbocycles. The van der Waals surface area contributed by atoms with Gasteiger partial charge >= 0.3 is 0 Å². The quantitative estimate of drug-likeness (QED) is 0.876. The molecule has 6 nitrogen and oxygen atoms in total. The zero-order valence-electron chi connectivity index (χ0n) is 15.1. The summed E-state index contributed by atoms with van der Waals surface area (Å²) in [5, 5.41) is 18.6. The highest BCUT2D eigenvalue weighted by Crippen LogP contribution is 2.29. The van der Waals surface area contributed by atoms with Crippen LogP contribution in [0.1, 0.15) is 50.4 Å². The van der Waals surface area contributed by atoms with Crippen LogP contribution in [0.2, 0.25) is 0 Å². The van der Waals surface area contributed by atoms with Crippen LogP contribution in [0.15, 0.2) is 24.3 Å². The van der Waals surface area contributed by atoms with E-state index in [0.717, 1.165) is 23.6 Å². The molecule has 2 aromatic rings. The number of amides is 1. The second kappa shape index (κ2) is 7.25. The molecule has 1 N–H and O–H groups in total. The van der Waals surface area contributed by atoms with Crippen LogP contribution in [0.5, 0.6) is 5.75 Å². The number of phenols is 1. The van der Waals surface area contributed by atoms with Crippen LogP contribution in [0.4, 0.5) is 0 Å². The summed E-state index contributed by atoms with van der Waals surface area (Å²) >= 11 is 0. The minimum Gasteiger partial charge on any atom is -0.508 e. The predicted octanol–water partition coefficient (Wildman–Crippen LogP) is 2.72. The molecule has 1 amide bonds. The van der Waals surface area contributed by atoms with E-state index in [2.05, 4.69) is 24.0 Å². The van der Waals surface area contributed by atoms with E-state index >= 15 is 0 Å². The van der Waals surface area contributed by atoms with Crippen molar-refractivity contribution < 1.29 is 9.90 Å². The molecular formula is C19H26N4O2. The van der Waals surface area contributed by atoms with Crippen LogP contribution < -0.4 is 0 Å². The minimum absolute atomic E-state index is 0.160. The summed E-state index contributed by atoms with van der Waals surface area (Å²) in [7, 11) is 0. The van der Waals surface area contributed by atoms with Gasteiger partial charge in [-0.3, -0.25) is 4.79 Å². The lowest BCUT2D eigenvalue weighted by Gasteiger charge is -2.34. The Kier molecular flexibility index (Phi) is 5.06. The molecule has 0 unspecified atom stereocenters. The monoisotopic (exact) mass is 342 g/mol. The third kappa shape index (κ3) is 3.52. The molecular weight excluding hydrogens is 316 g/mol. The van der Waals surface area contributed by atoms with Gasteiger partial charge in [0.15, 0.2) is 5.82 Å². The van der Waals surface area contributed by atoms with Crippen molar-refractivity contribution in [1.82, 2.24) is 19.7 Å². The highest BCUT2D eigenvalue weighted by molar-refractivity contribution is 5.81. The van der Waals surface area contributed by atoms with Crippen molar-refractivity contribution in [2.45, 2.75) is 52.6 Å². The molecule has 134 valence electrons. The third-order valence-electron chi connectivity index (χ3n) is 4.76. The van der Waals surface area contributed by atoms with Crippen LogP contribution >= 0.6 is 0 Å². The number of nitrogens with zero attached hydrogens (tertiary/aromatic N) is 4. The molecule has 6 heteroatoms. The Morgan fingerprint density at radius 1 is 1.24 bits per heavy atom. The molecule has 0 spiro atoms. The Hall–Kier alpha value is -2.37. The maximum atomic E-state index is 12.8. The Labute approximate surface area is 148 Å². The van der Waals surface area contributed by atoms with E-state index < -0.39 is 0 Å². The van der Waals surface area contributed by atoms with Gasteiger partial charge in [0.05, 0.1) is 6.54 Å². The summed E-state index contributed by atoms with van der Waals surface area (Å²) in [5.41, 5.74) is 0.887. The molecule has 3 rings (SSSR count). The first kappa shape index (κ1) is 17.5. The van der Waals surface area contributed by atoms with Crippen LogP contribution in [0, 0.1) is 5.92 Å². The lowest BCUT2D eigenvalue weighted by atomic mass is 10.00. The molecule has 1 atom stereocenters. The van der Waals surface area contributed by atoms with Crippen molar-refractivity contribution in [3.63, 3.8) is 0 Å². The van der Waals surface area contributed by atoms with E-state index in [1.54, 1.807) is 6.07 Å². The number of para-hydroxylation sites is 1. The normalized spacial score (nSPS) is 17.2. The first-order valence-electron chi connectivity index (χ1n) is 8.99. The highest BCUT2D eigenvalue weighted by Gasteiger charge is 2.35. The fraction of sp³-hybridized carbons (Fsp3) is 0.526. The first-order chi connectivity index (χ1) is 12.0. The SMILES string of the molecule is CCN1Cc2nnc(CCc3ccccc3O)n2[C@@H](CC(C)C)C1=O. The second-order valence-corrected chi connectivity index (χ2v) is 7.03. The second-order valence-electron chi connectivity index (χ2n) is 7.03. The fourth-order valence-electron chi connectivity index (χ4n) is 3.46. The van der Waals surface area contributed by atoms with Crippen molar-refractivity contribution >= 4 is 5.91 Å². The van der Waals surface area contributed by atoms with Gasteiger partial charge in [-0.2, -0.15) is 0 Å². The smallest absolute Gasteiger partial charge is 0.246 e. The van der Waals surface area contributed by atoms with Gasteiger partial charge in [0, 0.05) is 13.0 Å². The molecule has 1 aliphatic rings. The van der Waals surface area contributed by atoms with Gasteiger partial charge in [0.25, 0.3) is 0 Å². The number of aromatic hydroxyl groups is 1. The van der Waals surface area contributed by atoms with Crippen LogP contribution in [0.3, 0.4) is 0 Å². The molecule has 0 saturated heterocycles. The number of fused-ring (bicyclic) bond motifs is 1. The maximum Gasteiger partial charge on any atom is 0.246 e. The summed E-state index contributed by atoms with van der Waals surface area (Å²) in [6.07, 6.45) is 2.10. The molecule has 2 heterocycles. The number of aromatic nitrogens is 3. The van der Waals surface area contributed by atoms with E-state index in [1.165, 1.54) is 0 Å². The molecule has 0 bridgehead atoms. The Morgan fingerprint density at radius 3 is 2.68 bits per heavy atom. The fourth-order valence-corrected chi connectivity index (χ4v) is 3.46. The number of hydrogen-bond donors (Lipinski definition) is 1. The van der Waals surface area contributed by atoms with E-state index in [9.17, 15) is 9.90 Å². The van der Waals surface area contributed by atoms with Crippen molar-refractivity contribution in [3.05, 3.63) is 41.5 Å². The third-order valence-corrected chi connectivity index (χ3v) is 4.76. The molecule has 0 saturated carbocycles. The molecule has 1 aliphatic heterocycles. The number of carbonyl (C=O) groups excluding carboxylic acids is 1. The highest BCUT2D eigenvalue weighted by atomic mass is 16.3. The zero-order valence-corrected chi connectivity index (χ0v) is 15.1. The Bertz CT molecular complexity index is 754. The molecule has 0 radical (unpaired) electrons. The number of rotatable bonds is 6. The number of likely N-dealkylation sites (N-methyl/N-ethyl adjacent to an activating group) is 1. The Balaban J connectivity index is 1.87. The van der Waals surface area contributed by atoms with Gasteiger partial charge < -0.3 is 14.6 Å². The summed E-state index contributed by atoms with van der Waals surface area (Å²) < 4.78 is 2.04. The van der Waals surface area contributed by atoms with Crippen LogP contribution in [0.25, 0.3) is 0 Å². The van der Waals surface area contributed by atoms with Gasteiger partial charge in [-0.25, -0.2) is 0 Å². The lowest BCUT2D eigenvalue weighted by Crippen LogP contribution is -2.43. The molecule has 0 aliphatic carbocycles. The van der Waals surface area contributed by atoms with Crippen molar-refractivity contribution in [3.8, 4) is 5.75 Å². The lowest BCUT2D eigenvalue weighted by molar-refractivity contribution is -0.137.